The number of unbranched alkanes of at least 4 members (excludes halogenated alkanes) is 10. The molecule has 25 heavy (non-hydrogen) atoms. The fraction of sp³-hybridized carbons (Fsp3) is 1.00. The van der Waals surface area contributed by atoms with E-state index in [-0.39, 0.29) is 16.4 Å². The summed E-state index contributed by atoms with van der Waals surface area (Å²) in [6, 6.07) is 0. The SMILES string of the molecule is CCCCCCCCCCCCCC(C)S(=O)(=O)C(C)SCCCO. The van der Waals surface area contributed by atoms with Crippen molar-refractivity contribution >= 4 is 21.6 Å². The predicted molar refractivity (Wildman–Crippen MR) is 113 cm³/mol. The van der Waals surface area contributed by atoms with Crippen molar-refractivity contribution in [1.29, 1.82) is 0 Å². The summed E-state index contributed by atoms with van der Waals surface area (Å²) in [6.45, 7) is 6.03. The third-order valence-corrected chi connectivity index (χ3v) is 9.38. The maximum absolute atomic E-state index is 12.5. The molecule has 152 valence electrons. The van der Waals surface area contributed by atoms with Crippen LogP contribution in [0.15, 0.2) is 0 Å². The zero-order chi connectivity index (χ0) is 19.0. The lowest BCUT2D eigenvalue weighted by atomic mass is 10.0. The second-order valence-corrected chi connectivity index (χ2v) is 11.7. The van der Waals surface area contributed by atoms with Crippen molar-refractivity contribution in [2.75, 3.05) is 12.4 Å². The van der Waals surface area contributed by atoms with Gasteiger partial charge in [0.05, 0.1) is 5.25 Å². The lowest BCUT2D eigenvalue weighted by Gasteiger charge is -2.18. The van der Waals surface area contributed by atoms with Gasteiger partial charge in [-0.15, -0.1) is 11.8 Å². The highest BCUT2D eigenvalue weighted by Gasteiger charge is 2.27. The van der Waals surface area contributed by atoms with E-state index in [2.05, 4.69) is 6.92 Å². The van der Waals surface area contributed by atoms with Crippen molar-refractivity contribution in [3.63, 3.8) is 0 Å². The van der Waals surface area contributed by atoms with Gasteiger partial charge in [-0.3, -0.25) is 0 Å². The molecule has 2 atom stereocenters. The van der Waals surface area contributed by atoms with Crippen LogP contribution >= 0.6 is 11.8 Å². The molecule has 0 fully saturated rings. The van der Waals surface area contributed by atoms with Gasteiger partial charge < -0.3 is 5.11 Å². The Labute approximate surface area is 161 Å². The van der Waals surface area contributed by atoms with Crippen molar-refractivity contribution in [1.82, 2.24) is 0 Å². The molecule has 0 aromatic rings. The lowest BCUT2D eigenvalue weighted by Crippen LogP contribution is -2.26. The van der Waals surface area contributed by atoms with E-state index in [1.807, 2.05) is 6.92 Å². The van der Waals surface area contributed by atoms with Gasteiger partial charge in [0.2, 0.25) is 0 Å². The Hall–Kier alpha value is 0.260. The highest BCUT2D eigenvalue weighted by Crippen LogP contribution is 2.24. The summed E-state index contributed by atoms with van der Waals surface area (Å²) in [5.41, 5.74) is 0. The molecule has 5 heteroatoms. The fourth-order valence-electron chi connectivity index (χ4n) is 3.00. The average Bonchev–Trinajstić information content (AvgIpc) is 2.59. The summed E-state index contributed by atoms with van der Waals surface area (Å²) < 4.78 is 24.5. The molecule has 0 amide bonds. The van der Waals surface area contributed by atoms with Crippen LogP contribution in [0.1, 0.15) is 104 Å². The van der Waals surface area contributed by atoms with E-state index in [0.717, 1.165) is 19.3 Å². The number of hydrogen-bond donors (Lipinski definition) is 1. The quantitative estimate of drug-likeness (QED) is 0.292. The van der Waals surface area contributed by atoms with Crippen LogP contribution in [0.5, 0.6) is 0 Å². The standard InChI is InChI=1S/C20H42O3S2/c1-4-5-6-7-8-9-10-11-12-13-14-16-19(2)25(22,23)20(3)24-18-15-17-21/h19-21H,4-18H2,1-3H3. The van der Waals surface area contributed by atoms with Crippen LogP contribution < -0.4 is 0 Å². The van der Waals surface area contributed by atoms with Crippen LogP contribution in [0.4, 0.5) is 0 Å². The molecule has 0 aromatic carbocycles. The van der Waals surface area contributed by atoms with E-state index in [1.165, 1.54) is 69.5 Å². The minimum atomic E-state index is -3.05. The summed E-state index contributed by atoms with van der Waals surface area (Å²) >= 11 is 1.45. The van der Waals surface area contributed by atoms with E-state index in [9.17, 15) is 8.42 Å². The molecule has 2 unspecified atom stereocenters. The zero-order valence-electron chi connectivity index (χ0n) is 16.8. The van der Waals surface area contributed by atoms with E-state index < -0.39 is 9.84 Å². The Morgan fingerprint density at radius 1 is 0.800 bits per heavy atom. The van der Waals surface area contributed by atoms with Gasteiger partial charge in [0.15, 0.2) is 9.84 Å². The highest BCUT2D eigenvalue weighted by atomic mass is 32.3. The minimum Gasteiger partial charge on any atom is -0.396 e. The molecule has 1 N–H and O–H groups in total. The number of sulfone groups is 1. The molecule has 0 radical (unpaired) electrons. The maximum Gasteiger partial charge on any atom is 0.164 e. The van der Waals surface area contributed by atoms with Gasteiger partial charge in [0, 0.05) is 6.61 Å². The molecule has 0 aliphatic heterocycles. The van der Waals surface area contributed by atoms with Crippen LogP contribution in [0.3, 0.4) is 0 Å². The van der Waals surface area contributed by atoms with Crippen molar-refractivity contribution in [3.8, 4) is 0 Å². The zero-order valence-corrected chi connectivity index (χ0v) is 18.5. The molecule has 3 nitrogen and oxygen atoms in total. The first-order valence-corrected chi connectivity index (χ1v) is 13.1. The molecule has 0 saturated carbocycles. The average molecular weight is 395 g/mol. The van der Waals surface area contributed by atoms with Crippen molar-refractivity contribution < 1.29 is 13.5 Å². The Morgan fingerprint density at radius 2 is 1.28 bits per heavy atom. The third-order valence-electron chi connectivity index (χ3n) is 4.89. The second-order valence-electron chi connectivity index (χ2n) is 7.24. The molecule has 0 spiro atoms. The van der Waals surface area contributed by atoms with E-state index in [4.69, 9.17) is 5.11 Å². The molecule has 0 saturated heterocycles. The first-order chi connectivity index (χ1) is 12.0. The van der Waals surface area contributed by atoms with Crippen LogP contribution in [-0.2, 0) is 9.84 Å². The Morgan fingerprint density at radius 3 is 1.76 bits per heavy atom. The highest BCUT2D eigenvalue weighted by molar-refractivity contribution is 8.13. The first kappa shape index (κ1) is 25.3. The molecular formula is C20H42O3S2. The molecular weight excluding hydrogens is 352 g/mol. The molecule has 0 bridgehead atoms. The van der Waals surface area contributed by atoms with Crippen LogP contribution in [0, 0.1) is 0 Å². The number of aliphatic hydroxyl groups excluding tert-OH is 1. The summed E-state index contributed by atoms with van der Waals surface area (Å²) in [4.78, 5) is 0. The van der Waals surface area contributed by atoms with Crippen LogP contribution in [0.25, 0.3) is 0 Å². The summed E-state index contributed by atoms with van der Waals surface area (Å²) in [6.07, 6.45) is 15.7. The monoisotopic (exact) mass is 394 g/mol. The normalized spacial score (nSPS) is 14.6. The topological polar surface area (TPSA) is 54.4 Å². The van der Waals surface area contributed by atoms with E-state index >= 15 is 0 Å². The van der Waals surface area contributed by atoms with Crippen LogP contribution in [0.2, 0.25) is 0 Å². The van der Waals surface area contributed by atoms with Gasteiger partial charge in [-0.2, -0.15) is 0 Å². The Balaban J connectivity index is 3.66. The smallest absolute Gasteiger partial charge is 0.164 e. The number of thioether (sulfide) groups is 1. The van der Waals surface area contributed by atoms with Crippen molar-refractivity contribution in [2.24, 2.45) is 0 Å². The summed E-state index contributed by atoms with van der Waals surface area (Å²) in [7, 11) is -3.05. The minimum absolute atomic E-state index is 0.133. The Bertz CT molecular complexity index is 382. The maximum atomic E-state index is 12.5. The molecule has 0 aliphatic carbocycles. The Kier molecular flexibility index (Phi) is 16.6. The fourth-order valence-corrected chi connectivity index (χ4v) is 6.39. The lowest BCUT2D eigenvalue weighted by molar-refractivity contribution is 0.296. The largest absolute Gasteiger partial charge is 0.396 e. The molecule has 0 aromatic heterocycles. The first-order valence-electron chi connectivity index (χ1n) is 10.4. The van der Waals surface area contributed by atoms with Gasteiger partial charge in [-0.25, -0.2) is 8.42 Å². The third kappa shape index (κ3) is 13.1. The van der Waals surface area contributed by atoms with Crippen molar-refractivity contribution in [2.45, 2.75) is 114 Å². The molecule has 0 heterocycles. The van der Waals surface area contributed by atoms with Gasteiger partial charge >= 0.3 is 0 Å². The number of aliphatic hydroxyl groups is 1. The summed E-state index contributed by atoms with van der Waals surface area (Å²) in [5, 5.41) is 8.55. The van der Waals surface area contributed by atoms with Crippen LogP contribution in [-0.4, -0.2) is 35.7 Å². The van der Waals surface area contributed by atoms with E-state index in [0.29, 0.717) is 12.2 Å². The predicted octanol–water partition coefficient (Wildman–Crippen LogP) is 5.95. The van der Waals surface area contributed by atoms with Gasteiger partial charge in [0.25, 0.3) is 0 Å². The van der Waals surface area contributed by atoms with Gasteiger partial charge in [-0.05, 0) is 32.4 Å². The molecule has 0 rings (SSSR count). The number of hydrogen-bond acceptors (Lipinski definition) is 4. The van der Waals surface area contributed by atoms with Crippen molar-refractivity contribution in [3.05, 3.63) is 0 Å². The number of rotatable bonds is 18. The van der Waals surface area contributed by atoms with Gasteiger partial charge in [0.1, 0.15) is 4.58 Å². The second kappa shape index (κ2) is 16.4. The van der Waals surface area contributed by atoms with E-state index in [1.54, 1.807) is 6.92 Å². The molecule has 0 aliphatic rings. The van der Waals surface area contributed by atoms with Gasteiger partial charge in [-0.1, -0.05) is 77.6 Å². The summed E-state index contributed by atoms with van der Waals surface area (Å²) in [5.74, 6) is 0.710.